The van der Waals surface area contributed by atoms with E-state index in [-0.39, 0.29) is 5.97 Å². The zero-order valence-corrected chi connectivity index (χ0v) is 9.59. The van der Waals surface area contributed by atoms with Crippen LogP contribution in [0, 0.1) is 6.07 Å². The van der Waals surface area contributed by atoms with Crippen molar-refractivity contribution in [3.8, 4) is 5.75 Å². The highest BCUT2D eigenvalue weighted by atomic mass is 16.5. The van der Waals surface area contributed by atoms with Crippen LogP contribution in [0.4, 0.5) is 0 Å². The Morgan fingerprint density at radius 2 is 1.89 bits per heavy atom. The Bertz CT molecular complexity index is 619. The summed E-state index contributed by atoms with van der Waals surface area (Å²) in [6.07, 6.45) is 0. The van der Waals surface area contributed by atoms with Gasteiger partial charge in [0, 0.05) is 0 Å². The molecule has 3 rings (SSSR count). The number of carbonyl (C=O) groups is 1. The topological polar surface area (TPSA) is 51.9 Å². The zero-order valence-electron chi connectivity index (χ0n) is 9.59. The number of hydrogen-bond acceptors (Lipinski definition) is 2. The first-order valence-corrected chi connectivity index (χ1v) is 5.67. The number of benzene rings is 2. The summed E-state index contributed by atoms with van der Waals surface area (Å²) in [7, 11) is 0. The average molecular weight is 237 g/mol. The van der Waals surface area contributed by atoms with Gasteiger partial charge >= 0.3 is 5.97 Å². The van der Waals surface area contributed by atoms with Crippen LogP contribution in [0.25, 0.3) is 0 Å². The summed E-state index contributed by atoms with van der Waals surface area (Å²) in [6, 6.07) is 17.6. The summed E-state index contributed by atoms with van der Waals surface area (Å²) < 4.78 is 5.31. The second kappa shape index (κ2) is 4.11. The van der Waals surface area contributed by atoms with Crippen LogP contribution in [0.3, 0.4) is 0 Å². The summed E-state index contributed by atoms with van der Waals surface area (Å²) >= 11 is 0. The molecule has 0 aromatic heterocycles. The van der Waals surface area contributed by atoms with Crippen molar-refractivity contribution in [2.75, 3.05) is 0 Å². The molecule has 0 bridgehead atoms. The van der Waals surface area contributed by atoms with E-state index in [1.807, 2.05) is 36.4 Å². The molecule has 1 aliphatic heterocycles. The van der Waals surface area contributed by atoms with E-state index in [4.69, 9.17) is 10.1 Å². The number of nitrogens with two attached hydrogens (primary N) is 1. The average Bonchev–Trinajstić information content (AvgIpc) is 2.40. The van der Waals surface area contributed by atoms with E-state index in [0.717, 1.165) is 11.1 Å². The predicted molar refractivity (Wildman–Crippen MR) is 66.1 cm³/mol. The highest BCUT2D eigenvalue weighted by Crippen LogP contribution is 2.31. The van der Waals surface area contributed by atoms with E-state index in [1.165, 1.54) is 0 Å². The van der Waals surface area contributed by atoms with Crippen molar-refractivity contribution >= 4 is 11.7 Å². The van der Waals surface area contributed by atoms with E-state index >= 15 is 0 Å². The molecule has 0 spiro atoms. The molecule has 1 aliphatic rings. The van der Waals surface area contributed by atoms with Crippen molar-refractivity contribution in [2.24, 2.45) is 0 Å². The first kappa shape index (κ1) is 10.7. The fraction of sp³-hybridized carbons (Fsp3) is 0.0667. The maximum absolute atomic E-state index is 12.0. The Morgan fingerprint density at radius 1 is 1.11 bits per heavy atom. The molecule has 1 heterocycles. The molecule has 3 nitrogen and oxygen atoms in total. The van der Waals surface area contributed by atoms with Crippen molar-refractivity contribution in [1.29, 1.82) is 0 Å². The molecular weight excluding hydrogens is 226 g/mol. The molecule has 88 valence electrons. The number of rotatable bonds is 1. The van der Waals surface area contributed by atoms with Crippen molar-refractivity contribution < 1.29 is 14.9 Å². The Hall–Kier alpha value is -2.42. The number of esters is 1. The van der Waals surface area contributed by atoms with Gasteiger partial charge in [-0.3, -0.25) is 10.2 Å². The predicted octanol–water partition coefficient (Wildman–Crippen LogP) is 0.738. The molecule has 0 saturated carbocycles. The lowest BCUT2D eigenvalue weighted by Crippen LogP contribution is -2.49. The van der Waals surface area contributed by atoms with Crippen LogP contribution >= 0.6 is 0 Å². The first-order valence-electron chi connectivity index (χ1n) is 5.67. The molecule has 2 aromatic rings. The van der Waals surface area contributed by atoms with Crippen LogP contribution in [0.15, 0.2) is 48.5 Å². The Labute approximate surface area is 105 Å². The minimum Gasteiger partial charge on any atom is -0.425 e. The smallest absolute Gasteiger partial charge is 0.327 e. The molecule has 2 aromatic carbocycles. The van der Waals surface area contributed by atoms with Crippen molar-refractivity contribution in [2.45, 2.75) is 5.92 Å². The third kappa shape index (κ3) is 1.61. The van der Waals surface area contributed by atoms with Gasteiger partial charge in [-0.25, -0.2) is 0 Å². The molecule has 0 saturated heterocycles. The number of hydrogen-bond donors (Lipinski definition) is 1. The van der Waals surface area contributed by atoms with Gasteiger partial charge in [-0.15, -0.1) is 5.56 Å². The molecule has 2 N–H and O–H groups in total. The second-order valence-electron chi connectivity index (χ2n) is 4.12. The fourth-order valence-electron chi connectivity index (χ4n) is 2.13. The molecule has 0 aliphatic carbocycles. The van der Waals surface area contributed by atoms with Crippen molar-refractivity contribution in [1.82, 2.24) is 0 Å². The third-order valence-electron chi connectivity index (χ3n) is 3.00. The minimum atomic E-state index is -0.568. The number of para-hydroxylation sites is 1. The quantitative estimate of drug-likeness (QED) is 0.452. The van der Waals surface area contributed by atoms with Crippen LogP contribution < -0.4 is 10.1 Å². The number of fused-ring (bicyclic) bond motifs is 1. The standard InChI is InChI=1S/C15H10NO2/c16-14-11-8-4-5-9-12(11)18-15(17)13(14)10-6-2-1-3-7-10/h1-6,8-9,13,16H/q-1/p+1. The van der Waals surface area contributed by atoms with Gasteiger partial charge in [0.25, 0.3) is 0 Å². The Morgan fingerprint density at radius 3 is 2.67 bits per heavy atom. The summed E-state index contributed by atoms with van der Waals surface area (Å²) in [5.74, 6) is -0.401. The summed E-state index contributed by atoms with van der Waals surface area (Å²) in [5, 5.41) is 6.11. The molecule has 0 fully saturated rings. The number of ether oxygens (including phenoxy) is 1. The SMILES string of the molecule is [NH2+]=C1c2ccccc2OC(=O)C1c1[c-]cccc1. The van der Waals surface area contributed by atoms with E-state index in [2.05, 4.69) is 6.07 Å². The van der Waals surface area contributed by atoms with Crippen LogP contribution in [0.2, 0.25) is 0 Å². The van der Waals surface area contributed by atoms with E-state index < -0.39 is 5.92 Å². The van der Waals surface area contributed by atoms with Gasteiger partial charge in [0.15, 0.2) is 0 Å². The maximum atomic E-state index is 12.0. The van der Waals surface area contributed by atoms with Crippen LogP contribution in [-0.4, -0.2) is 11.7 Å². The highest BCUT2D eigenvalue weighted by Gasteiger charge is 2.36. The largest absolute Gasteiger partial charge is 0.425 e. The second-order valence-corrected chi connectivity index (χ2v) is 4.12. The summed E-state index contributed by atoms with van der Waals surface area (Å²) in [5.41, 5.74) is 2.03. The minimum absolute atomic E-state index is 0.353. The molecule has 1 atom stereocenters. The highest BCUT2D eigenvalue weighted by molar-refractivity contribution is 6.17. The normalized spacial score (nSPS) is 18.1. The van der Waals surface area contributed by atoms with E-state index in [1.54, 1.807) is 12.1 Å². The van der Waals surface area contributed by atoms with Gasteiger partial charge in [0.2, 0.25) is 5.71 Å². The van der Waals surface area contributed by atoms with Gasteiger partial charge in [0.05, 0.1) is 5.56 Å². The molecule has 1 unspecified atom stereocenters. The monoisotopic (exact) mass is 237 g/mol. The van der Waals surface area contributed by atoms with E-state index in [0.29, 0.717) is 11.5 Å². The lowest BCUT2D eigenvalue weighted by Gasteiger charge is -2.23. The fourth-order valence-corrected chi connectivity index (χ4v) is 2.13. The first-order chi connectivity index (χ1) is 8.77. The Balaban J connectivity index is 2.09. The zero-order chi connectivity index (χ0) is 12.5. The summed E-state index contributed by atoms with van der Waals surface area (Å²) in [4.78, 5) is 12.0. The van der Waals surface area contributed by atoms with Gasteiger partial charge in [-0.2, -0.15) is 30.3 Å². The molecule has 3 heteroatoms. The lowest BCUT2D eigenvalue weighted by atomic mass is 9.88. The summed E-state index contributed by atoms with van der Waals surface area (Å²) in [6.45, 7) is 0. The van der Waals surface area contributed by atoms with Crippen LogP contribution in [0.5, 0.6) is 5.75 Å². The lowest BCUT2D eigenvalue weighted by molar-refractivity contribution is -0.141. The molecule has 18 heavy (non-hydrogen) atoms. The van der Waals surface area contributed by atoms with Gasteiger partial charge in [0.1, 0.15) is 11.7 Å². The van der Waals surface area contributed by atoms with Gasteiger partial charge in [-0.1, -0.05) is 12.1 Å². The van der Waals surface area contributed by atoms with Crippen molar-refractivity contribution in [3.05, 3.63) is 65.7 Å². The molecule has 0 radical (unpaired) electrons. The van der Waals surface area contributed by atoms with Gasteiger partial charge in [-0.05, 0) is 12.1 Å². The molecule has 0 amide bonds. The van der Waals surface area contributed by atoms with Crippen LogP contribution in [0.1, 0.15) is 17.0 Å². The van der Waals surface area contributed by atoms with E-state index in [9.17, 15) is 4.79 Å². The molecular formula is C15H11NO2. The Kier molecular flexibility index (Phi) is 2.45. The van der Waals surface area contributed by atoms with Crippen LogP contribution in [-0.2, 0) is 4.79 Å². The number of carbonyl (C=O) groups excluding carboxylic acids is 1. The van der Waals surface area contributed by atoms with Crippen molar-refractivity contribution in [3.63, 3.8) is 0 Å². The maximum Gasteiger partial charge on any atom is 0.327 e. The van der Waals surface area contributed by atoms with Gasteiger partial charge < -0.3 is 4.74 Å². The third-order valence-corrected chi connectivity index (χ3v) is 3.00.